The van der Waals surface area contributed by atoms with E-state index in [1.54, 1.807) is 44.4 Å². The molecule has 0 saturated carbocycles. The lowest BCUT2D eigenvalue weighted by Crippen LogP contribution is -2.32. The highest BCUT2D eigenvalue weighted by atomic mass is 16.5. The number of nitrogens with zero attached hydrogens (tertiary/aromatic N) is 1. The maximum Gasteiger partial charge on any atom is 0.334 e. The second-order valence-electron chi connectivity index (χ2n) is 5.41. The topological polar surface area (TPSA) is 72.9 Å². The van der Waals surface area contributed by atoms with Gasteiger partial charge in [-0.3, -0.25) is 9.59 Å². The van der Waals surface area contributed by atoms with Gasteiger partial charge in [-0.05, 0) is 37.6 Å². The molecular weight excluding hydrogens is 298 g/mol. The number of carbonyl (C=O) groups excluding carboxylic acids is 3. The Morgan fingerprint density at radius 1 is 1.22 bits per heavy atom. The number of hydrogen-bond acceptors (Lipinski definition) is 5. The molecule has 1 aromatic carbocycles. The Morgan fingerprint density at radius 2 is 1.91 bits per heavy atom. The highest BCUT2D eigenvalue weighted by molar-refractivity contribution is 6.25. The molecule has 2 aliphatic rings. The molecule has 0 aromatic heterocycles. The minimum atomic E-state index is -0.733. The van der Waals surface area contributed by atoms with Crippen LogP contribution in [0.3, 0.4) is 0 Å². The summed E-state index contributed by atoms with van der Waals surface area (Å²) in [6.07, 6.45) is 2.03. The Bertz CT molecular complexity index is 691. The van der Waals surface area contributed by atoms with Crippen molar-refractivity contribution in [1.82, 2.24) is 0 Å². The van der Waals surface area contributed by atoms with Gasteiger partial charge in [0, 0.05) is 5.57 Å². The van der Waals surface area contributed by atoms with Gasteiger partial charge < -0.3 is 9.47 Å². The number of ether oxygens (including phenoxy) is 2. The highest BCUT2D eigenvalue weighted by Gasteiger charge is 2.53. The molecular formula is C17H17NO5. The van der Waals surface area contributed by atoms with Crippen LogP contribution >= 0.6 is 0 Å². The summed E-state index contributed by atoms with van der Waals surface area (Å²) in [5.74, 6) is -1.77. The zero-order chi connectivity index (χ0) is 16.6. The zero-order valence-electron chi connectivity index (χ0n) is 12.9. The molecule has 1 aliphatic carbocycles. The third kappa shape index (κ3) is 2.40. The van der Waals surface area contributed by atoms with Crippen LogP contribution in [-0.4, -0.2) is 31.5 Å². The van der Waals surface area contributed by atoms with Crippen molar-refractivity contribution >= 4 is 23.5 Å². The second-order valence-corrected chi connectivity index (χ2v) is 5.41. The third-order valence-electron chi connectivity index (χ3n) is 4.19. The van der Waals surface area contributed by atoms with Crippen LogP contribution in [0.1, 0.15) is 13.3 Å². The molecule has 1 fully saturated rings. The van der Waals surface area contributed by atoms with Gasteiger partial charge in [-0.25, -0.2) is 9.69 Å². The maximum absolute atomic E-state index is 12.7. The van der Waals surface area contributed by atoms with E-state index in [4.69, 9.17) is 9.47 Å². The summed E-state index contributed by atoms with van der Waals surface area (Å²) >= 11 is 0. The molecule has 0 unspecified atom stereocenters. The monoisotopic (exact) mass is 315 g/mol. The van der Waals surface area contributed by atoms with Gasteiger partial charge in [-0.1, -0.05) is 6.08 Å². The Morgan fingerprint density at radius 3 is 2.52 bits per heavy atom. The molecule has 6 nitrogen and oxygen atoms in total. The summed E-state index contributed by atoms with van der Waals surface area (Å²) in [4.78, 5) is 38.4. The predicted molar refractivity (Wildman–Crippen MR) is 81.8 cm³/mol. The molecule has 120 valence electrons. The van der Waals surface area contributed by atoms with Gasteiger partial charge in [-0.15, -0.1) is 0 Å². The van der Waals surface area contributed by atoms with Crippen molar-refractivity contribution in [3.05, 3.63) is 35.9 Å². The number of rotatable bonds is 4. The number of amides is 2. The molecule has 0 radical (unpaired) electrons. The van der Waals surface area contributed by atoms with Gasteiger partial charge >= 0.3 is 5.97 Å². The van der Waals surface area contributed by atoms with E-state index in [2.05, 4.69) is 0 Å². The van der Waals surface area contributed by atoms with Crippen LogP contribution in [0.25, 0.3) is 0 Å². The SMILES string of the molecule is CCOC(=O)C1=CC[C@@H]2C(=O)N(c3ccc(OC)cc3)C(=O)[C@H]12. The first-order valence-electron chi connectivity index (χ1n) is 7.47. The lowest BCUT2D eigenvalue weighted by Gasteiger charge is -2.16. The van der Waals surface area contributed by atoms with E-state index in [9.17, 15) is 14.4 Å². The van der Waals surface area contributed by atoms with E-state index in [0.717, 1.165) is 4.90 Å². The molecule has 0 bridgehead atoms. The quantitative estimate of drug-likeness (QED) is 0.624. The summed E-state index contributed by atoms with van der Waals surface area (Å²) in [6.45, 7) is 1.94. The number of allylic oxidation sites excluding steroid dienone is 1. The van der Waals surface area contributed by atoms with Crippen molar-refractivity contribution in [2.75, 3.05) is 18.6 Å². The lowest BCUT2D eigenvalue weighted by molar-refractivity contribution is -0.140. The highest BCUT2D eigenvalue weighted by Crippen LogP contribution is 2.42. The van der Waals surface area contributed by atoms with Crippen molar-refractivity contribution in [3.63, 3.8) is 0 Å². The number of methoxy groups -OCH3 is 1. The first-order chi connectivity index (χ1) is 11.1. The van der Waals surface area contributed by atoms with Crippen LogP contribution in [0, 0.1) is 11.8 Å². The number of anilines is 1. The smallest absolute Gasteiger partial charge is 0.334 e. The van der Waals surface area contributed by atoms with Crippen LogP contribution in [-0.2, 0) is 19.1 Å². The van der Waals surface area contributed by atoms with E-state index in [0.29, 0.717) is 23.4 Å². The van der Waals surface area contributed by atoms with E-state index in [1.165, 1.54) is 0 Å². The van der Waals surface area contributed by atoms with Crippen LogP contribution in [0.2, 0.25) is 0 Å². The molecule has 0 spiro atoms. The van der Waals surface area contributed by atoms with Crippen molar-refractivity contribution in [2.24, 2.45) is 11.8 Å². The zero-order valence-corrected chi connectivity index (χ0v) is 12.9. The third-order valence-corrected chi connectivity index (χ3v) is 4.19. The Hall–Kier alpha value is -2.63. The van der Waals surface area contributed by atoms with Crippen molar-refractivity contribution in [1.29, 1.82) is 0 Å². The molecule has 1 aromatic rings. The normalized spacial score (nSPS) is 22.9. The molecule has 1 aliphatic heterocycles. The van der Waals surface area contributed by atoms with Crippen molar-refractivity contribution in [3.8, 4) is 5.75 Å². The van der Waals surface area contributed by atoms with E-state index in [-0.39, 0.29) is 18.4 Å². The fraction of sp³-hybridized carbons (Fsp3) is 0.353. The number of hydrogen-bond donors (Lipinski definition) is 0. The van der Waals surface area contributed by atoms with E-state index < -0.39 is 17.8 Å². The van der Waals surface area contributed by atoms with Gasteiger partial charge in [0.05, 0.1) is 31.2 Å². The number of benzene rings is 1. The summed E-state index contributed by atoms with van der Waals surface area (Å²) in [5, 5.41) is 0. The van der Waals surface area contributed by atoms with Crippen LogP contribution < -0.4 is 9.64 Å². The minimum absolute atomic E-state index is 0.234. The average Bonchev–Trinajstić information content (AvgIpc) is 3.09. The van der Waals surface area contributed by atoms with Crippen LogP contribution in [0.4, 0.5) is 5.69 Å². The van der Waals surface area contributed by atoms with E-state index in [1.807, 2.05) is 0 Å². The maximum atomic E-state index is 12.7. The molecule has 3 rings (SSSR count). The predicted octanol–water partition coefficient (Wildman–Crippen LogP) is 1.69. The van der Waals surface area contributed by atoms with Gasteiger partial charge in [0.1, 0.15) is 5.75 Å². The van der Waals surface area contributed by atoms with Crippen LogP contribution in [0.5, 0.6) is 5.75 Å². The fourth-order valence-corrected chi connectivity index (χ4v) is 3.11. The molecule has 2 atom stereocenters. The number of imide groups is 1. The molecule has 6 heteroatoms. The number of carbonyl (C=O) groups is 3. The first kappa shape index (κ1) is 15.3. The fourth-order valence-electron chi connectivity index (χ4n) is 3.11. The molecule has 1 heterocycles. The second kappa shape index (κ2) is 5.87. The van der Waals surface area contributed by atoms with Gasteiger partial charge in [-0.2, -0.15) is 0 Å². The van der Waals surface area contributed by atoms with Gasteiger partial charge in [0.25, 0.3) is 0 Å². The van der Waals surface area contributed by atoms with Crippen molar-refractivity contribution in [2.45, 2.75) is 13.3 Å². The summed E-state index contributed by atoms with van der Waals surface area (Å²) in [6, 6.07) is 6.69. The lowest BCUT2D eigenvalue weighted by atomic mass is 9.94. The van der Waals surface area contributed by atoms with E-state index >= 15 is 0 Å². The number of esters is 1. The van der Waals surface area contributed by atoms with Gasteiger partial charge in [0.15, 0.2) is 0 Å². The summed E-state index contributed by atoms with van der Waals surface area (Å²) in [7, 11) is 1.54. The Kier molecular flexibility index (Phi) is 3.90. The Balaban J connectivity index is 1.88. The molecule has 2 amide bonds. The first-order valence-corrected chi connectivity index (χ1v) is 7.47. The number of fused-ring (bicyclic) bond motifs is 1. The minimum Gasteiger partial charge on any atom is -0.497 e. The van der Waals surface area contributed by atoms with Gasteiger partial charge in [0.2, 0.25) is 11.8 Å². The average molecular weight is 315 g/mol. The Labute approximate surface area is 133 Å². The molecule has 1 saturated heterocycles. The van der Waals surface area contributed by atoms with Crippen molar-refractivity contribution < 1.29 is 23.9 Å². The standard InChI is InChI=1S/C17H17NO5/c1-3-23-17(21)13-9-8-12-14(13)16(20)18(15(12)19)10-4-6-11(22-2)7-5-10/h4-7,9,12,14H,3,8H2,1-2H3/t12-,14-/m0/s1. The summed E-state index contributed by atoms with van der Waals surface area (Å²) in [5.41, 5.74) is 0.782. The molecule has 0 N–H and O–H groups in total. The van der Waals surface area contributed by atoms with Crippen LogP contribution in [0.15, 0.2) is 35.9 Å². The molecule has 23 heavy (non-hydrogen) atoms. The summed E-state index contributed by atoms with van der Waals surface area (Å²) < 4.78 is 10.1. The largest absolute Gasteiger partial charge is 0.497 e.